The summed E-state index contributed by atoms with van der Waals surface area (Å²) in [6.07, 6.45) is 0.827. The van der Waals surface area contributed by atoms with Gasteiger partial charge in [-0.3, -0.25) is 4.79 Å². The van der Waals surface area contributed by atoms with E-state index < -0.39 is 0 Å². The van der Waals surface area contributed by atoms with Crippen molar-refractivity contribution < 1.29 is 4.79 Å². The van der Waals surface area contributed by atoms with E-state index in [1.807, 2.05) is 0 Å². The highest BCUT2D eigenvalue weighted by molar-refractivity contribution is 6.39. The molecule has 0 unspecified atom stereocenters. The van der Waals surface area contributed by atoms with Crippen molar-refractivity contribution in [2.24, 2.45) is 5.73 Å². The molecule has 0 aromatic heterocycles. The van der Waals surface area contributed by atoms with Crippen LogP contribution in [0.15, 0.2) is 18.2 Å². The second-order valence-electron chi connectivity index (χ2n) is 3.90. The van der Waals surface area contributed by atoms with Gasteiger partial charge in [-0.1, -0.05) is 29.3 Å². The number of amides is 1. The molecule has 1 saturated heterocycles. The quantitative estimate of drug-likeness (QED) is 0.865. The Morgan fingerprint density at radius 1 is 1.35 bits per heavy atom. The normalized spacial score (nSPS) is 19.0. The van der Waals surface area contributed by atoms with E-state index in [1.165, 1.54) is 0 Å². The monoisotopic (exact) mass is 294 g/mol. The Kier molecular flexibility index (Phi) is 5.07. The molecule has 2 N–H and O–H groups in total. The lowest BCUT2D eigenvalue weighted by Crippen LogP contribution is -2.32. The molecule has 0 saturated carbocycles. The highest BCUT2D eigenvalue weighted by atomic mass is 35.5. The summed E-state index contributed by atoms with van der Waals surface area (Å²) in [6, 6.07) is 5.11. The minimum absolute atomic E-state index is 0. The molecular formula is C11H13Cl3N2O. The first-order valence-electron chi connectivity index (χ1n) is 5.08. The van der Waals surface area contributed by atoms with E-state index in [0.717, 1.165) is 6.42 Å². The van der Waals surface area contributed by atoms with Crippen molar-refractivity contribution >= 4 is 41.5 Å². The Labute approximate surface area is 116 Å². The Balaban J connectivity index is 0.00000144. The van der Waals surface area contributed by atoms with Gasteiger partial charge in [0.05, 0.1) is 15.6 Å². The maximum Gasteiger partial charge on any atom is 0.256 e. The van der Waals surface area contributed by atoms with Crippen LogP contribution in [0.25, 0.3) is 0 Å². The van der Waals surface area contributed by atoms with Gasteiger partial charge in [0.2, 0.25) is 0 Å². The molecule has 2 rings (SSSR count). The molecule has 1 amide bonds. The number of carbonyl (C=O) groups excluding carboxylic acids is 1. The zero-order valence-electron chi connectivity index (χ0n) is 9.03. The molecule has 1 aliphatic rings. The molecule has 3 nitrogen and oxygen atoms in total. The second kappa shape index (κ2) is 5.91. The van der Waals surface area contributed by atoms with Crippen LogP contribution in [0.2, 0.25) is 10.0 Å². The van der Waals surface area contributed by atoms with Gasteiger partial charge in [0.25, 0.3) is 5.91 Å². The van der Waals surface area contributed by atoms with Crippen molar-refractivity contribution in [3.05, 3.63) is 33.8 Å². The van der Waals surface area contributed by atoms with E-state index in [1.54, 1.807) is 23.1 Å². The van der Waals surface area contributed by atoms with E-state index in [9.17, 15) is 4.79 Å². The number of halogens is 3. The molecule has 0 aliphatic carbocycles. The summed E-state index contributed by atoms with van der Waals surface area (Å²) >= 11 is 12.0. The van der Waals surface area contributed by atoms with Crippen LogP contribution < -0.4 is 5.73 Å². The first-order valence-corrected chi connectivity index (χ1v) is 5.84. The number of nitrogens with two attached hydrogens (primary N) is 1. The van der Waals surface area contributed by atoms with E-state index in [4.69, 9.17) is 28.9 Å². The summed E-state index contributed by atoms with van der Waals surface area (Å²) in [5.74, 6) is -0.136. The van der Waals surface area contributed by atoms with Gasteiger partial charge < -0.3 is 10.6 Å². The molecule has 0 radical (unpaired) electrons. The zero-order valence-corrected chi connectivity index (χ0v) is 11.4. The molecule has 0 spiro atoms. The summed E-state index contributed by atoms with van der Waals surface area (Å²) in [7, 11) is 0. The number of carbonyl (C=O) groups is 1. The number of likely N-dealkylation sites (tertiary alicyclic amines) is 1. The van der Waals surface area contributed by atoms with Crippen molar-refractivity contribution in [3.63, 3.8) is 0 Å². The number of benzene rings is 1. The Morgan fingerprint density at radius 2 is 1.94 bits per heavy atom. The fraction of sp³-hybridized carbons (Fsp3) is 0.364. The zero-order chi connectivity index (χ0) is 11.7. The van der Waals surface area contributed by atoms with Gasteiger partial charge in [0, 0.05) is 19.1 Å². The van der Waals surface area contributed by atoms with Crippen molar-refractivity contribution in [3.8, 4) is 0 Å². The molecule has 6 heteroatoms. The number of nitrogens with zero attached hydrogens (tertiary/aromatic N) is 1. The molecule has 1 heterocycles. The first-order chi connectivity index (χ1) is 7.59. The fourth-order valence-corrected chi connectivity index (χ4v) is 2.39. The summed E-state index contributed by atoms with van der Waals surface area (Å²) < 4.78 is 0. The lowest BCUT2D eigenvalue weighted by Gasteiger charge is -2.17. The van der Waals surface area contributed by atoms with Gasteiger partial charge in [-0.2, -0.15) is 0 Å². The van der Waals surface area contributed by atoms with Crippen LogP contribution in [-0.2, 0) is 0 Å². The summed E-state index contributed by atoms with van der Waals surface area (Å²) in [5.41, 5.74) is 6.13. The van der Waals surface area contributed by atoms with Crippen LogP contribution >= 0.6 is 35.6 Å². The molecule has 0 bridgehead atoms. The van der Waals surface area contributed by atoms with Crippen LogP contribution in [0, 0.1) is 0 Å². The van der Waals surface area contributed by atoms with Gasteiger partial charge in [0.15, 0.2) is 0 Å². The second-order valence-corrected chi connectivity index (χ2v) is 4.71. The predicted molar refractivity (Wildman–Crippen MR) is 72.2 cm³/mol. The van der Waals surface area contributed by atoms with E-state index >= 15 is 0 Å². The Bertz CT molecular complexity index is 405. The standard InChI is InChI=1S/C11H12Cl2N2O.ClH/c12-8-2-1-3-9(13)10(8)11(16)15-5-4-7(14)6-15;/h1-3,7H,4-6,14H2;1H/t7-;/m1./s1. The van der Waals surface area contributed by atoms with Crippen LogP contribution in [0.1, 0.15) is 16.8 Å². The predicted octanol–water partition coefficient (Wildman–Crippen LogP) is 2.59. The topological polar surface area (TPSA) is 46.3 Å². The average molecular weight is 296 g/mol. The largest absolute Gasteiger partial charge is 0.337 e. The molecule has 1 aromatic carbocycles. The van der Waals surface area contributed by atoms with Crippen LogP contribution in [-0.4, -0.2) is 29.9 Å². The van der Waals surface area contributed by atoms with E-state index in [2.05, 4.69) is 0 Å². The molecule has 1 aromatic rings. The van der Waals surface area contributed by atoms with Crippen molar-refractivity contribution in [1.29, 1.82) is 0 Å². The average Bonchev–Trinajstić information content (AvgIpc) is 2.64. The van der Waals surface area contributed by atoms with Crippen LogP contribution in [0.3, 0.4) is 0 Å². The van der Waals surface area contributed by atoms with Crippen molar-refractivity contribution in [2.75, 3.05) is 13.1 Å². The minimum atomic E-state index is -0.136. The van der Waals surface area contributed by atoms with Crippen LogP contribution in [0.5, 0.6) is 0 Å². The van der Waals surface area contributed by atoms with Crippen LogP contribution in [0.4, 0.5) is 0 Å². The summed E-state index contributed by atoms with van der Waals surface area (Å²) in [4.78, 5) is 13.8. The molecular weight excluding hydrogens is 282 g/mol. The number of hydrogen-bond donors (Lipinski definition) is 1. The third kappa shape index (κ3) is 3.05. The lowest BCUT2D eigenvalue weighted by atomic mass is 10.2. The highest BCUT2D eigenvalue weighted by Gasteiger charge is 2.27. The number of hydrogen-bond acceptors (Lipinski definition) is 2. The van der Waals surface area contributed by atoms with Gasteiger partial charge in [0.1, 0.15) is 0 Å². The van der Waals surface area contributed by atoms with Gasteiger partial charge in [-0.25, -0.2) is 0 Å². The van der Waals surface area contributed by atoms with Gasteiger partial charge >= 0.3 is 0 Å². The highest BCUT2D eigenvalue weighted by Crippen LogP contribution is 2.26. The molecule has 17 heavy (non-hydrogen) atoms. The van der Waals surface area contributed by atoms with E-state index in [0.29, 0.717) is 28.7 Å². The molecule has 1 atom stereocenters. The summed E-state index contributed by atoms with van der Waals surface area (Å²) in [6.45, 7) is 1.24. The molecule has 1 fully saturated rings. The van der Waals surface area contributed by atoms with Gasteiger partial charge in [-0.15, -0.1) is 12.4 Å². The summed E-state index contributed by atoms with van der Waals surface area (Å²) in [5, 5.41) is 0.774. The fourth-order valence-electron chi connectivity index (χ4n) is 1.83. The maximum absolute atomic E-state index is 12.1. The number of rotatable bonds is 1. The van der Waals surface area contributed by atoms with E-state index in [-0.39, 0.29) is 24.4 Å². The van der Waals surface area contributed by atoms with Crippen molar-refractivity contribution in [1.82, 2.24) is 4.90 Å². The minimum Gasteiger partial charge on any atom is -0.337 e. The molecule has 94 valence electrons. The smallest absolute Gasteiger partial charge is 0.256 e. The van der Waals surface area contributed by atoms with Gasteiger partial charge in [-0.05, 0) is 18.6 Å². The SMILES string of the molecule is Cl.N[C@@H]1CCN(C(=O)c2c(Cl)cccc2Cl)C1. The Hall–Kier alpha value is -0.480. The van der Waals surface area contributed by atoms with Crippen molar-refractivity contribution in [2.45, 2.75) is 12.5 Å². The third-order valence-electron chi connectivity index (χ3n) is 2.69. The third-order valence-corrected chi connectivity index (χ3v) is 3.32. The lowest BCUT2D eigenvalue weighted by molar-refractivity contribution is 0.0791. The molecule has 1 aliphatic heterocycles. The Morgan fingerprint density at radius 3 is 2.41 bits per heavy atom. The maximum atomic E-state index is 12.1. The first kappa shape index (κ1) is 14.6.